The van der Waals surface area contributed by atoms with Gasteiger partial charge in [0.15, 0.2) is 6.61 Å². The number of rotatable bonds is 13. The van der Waals surface area contributed by atoms with Gasteiger partial charge in [-0.25, -0.2) is 12.8 Å². The maximum atomic E-state index is 13.1. The third-order valence-electron chi connectivity index (χ3n) is 5.79. The van der Waals surface area contributed by atoms with Gasteiger partial charge in [0.1, 0.15) is 17.6 Å². The van der Waals surface area contributed by atoms with E-state index >= 15 is 0 Å². The fourth-order valence-corrected chi connectivity index (χ4v) is 4.63. The van der Waals surface area contributed by atoms with E-state index in [-0.39, 0.29) is 35.5 Å². The Kier molecular flexibility index (Phi) is 10.2. The fourth-order valence-electron chi connectivity index (χ4n) is 3.57. The van der Waals surface area contributed by atoms with Crippen molar-refractivity contribution in [3.63, 3.8) is 0 Å². The van der Waals surface area contributed by atoms with Crippen molar-refractivity contribution in [2.75, 3.05) is 17.9 Å². The Morgan fingerprint density at radius 3 is 2.26 bits per heavy atom. The first kappa shape index (κ1) is 28.6. The fraction of sp³-hybridized carbons (Fsp3) is 0.286. The number of unbranched alkanes of at least 4 members (excludes halogenated alkanes) is 1. The Bertz CT molecular complexity index is 1300. The molecule has 38 heavy (non-hydrogen) atoms. The molecule has 1 unspecified atom stereocenters. The van der Waals surface area contributed by atoms with Crippen molar-refractivity contribution in [2.45, 2.75) is 44.2 Å². The highest BCUT2D eigenvalue weighted by molar-refractivity contribution is 7.92. The van der Waals surface area contributed by atoms with E-state index < -0.39 is 21.9 Å². The number of nitrogens with zero attached hydrogens (tertiary/aromatic N) is 1. The largest absolute Gasteiger partial charge is 0.484 e. The van der Waals surface area contributed by atoms with Crippen LogP contribution in [-0.4, -0.2) is 44.3 Å². The van der Waals surface area contributed by atoms with Crippen LogP contribution in [0.2, 0.25) is 0 Å². The van der Waals surface area contributed by atoms with Crippen LogP contribution < -0.4 is 14.8 Å². The number of halogens is 1. The highest BCUT2D eigenvalue weighted by Crippen LogP contribution is 2.20. The molecular weight excluding hydrogens is 509 g/mol. The first-order valence-electron chi connectivity index (χ1n) is 12.3. The lowest BCUT2D eigenvalue weighted by molar-refractivity contribution is -0.142. The number of carbonyl (C=O) groups excluding carboxylic acids is 2. The molecule has 2 amide bonds. The van der Waals surface area contributed by atoms with Gasteiger partial charge in [0, 0.05) is 18.8 Å². The lowest BCUT2D eigenvalue weighted by atomic mass is 10.1. The van der Waals surface area contributed by atoms with Gasteiger partial charge < -0.3 is 15.0 Å². The molecule has 0 saturated heterocycles. The molecule has 2 N–H and O–H groups in total. The number of hydrogen-bond donors (Lipinski definition) is 2. The topological polar surface area (TPSA) is 105 Å². The molecular formula is C28H32FN3O5S. The molecule has 0 radical (unpaired) electrons. The van der Waals surface area contributed by atoms with E-state index in [1.54, 1.807) is 6.92 Å². The number of ether oxygens (including phenoxy) is 1. The smallest absolute Gasteiger partial charge is 0.261 e. The average Bonchev–Trinajstić information content (AvgIpc) is 2.92. The highest BCUT2D eigenvalue weighted by atomic mass is 32.2. The van der Waals surface area contributed by atoms with E-state index in [2.05, 4.69) is 10.0 Å². The number of nitrogens with one attached hydrogen (secondary N) is 2. The minimum Gasteiger partial charge on any atom is -0.484 e. The summed E-state index contributed by atoms with van der Waals surface area (Å²) in [5.41, 5.74) is 1.10. The molecule has 0 spiro atoms. The van der Waals surface area contributed by atoms with Crippen molar-refractivity contribution in [3.8, 4) is 5.75 Å². The van der Waals surface area contributed by atoms with E-state index in [4.69, 9.17) is 4.74 Å². The Labute approximate surface area is 222 Å². The number of anilines is 1. The van der Waals surface area contributed by atoms with E-state index in [1.165, 1.54) is 41.3 Å². The van der Waals surface area contributed by atoms with Gasteiger partial charge in [-0.1, -0.05) is 43.7 Å². The third-order valence-corrected chi connectivity index (χ3v) is 7.18. The molecule has 3 rings (SSSR count). The standard InChI is InChI=1S/C28H32FN3O5S/c1-3-4-18-30-28(34)21(2)32(19-22-8-6-5-7-9-22)27(33)20-37-25-14-16-26(17-15-25)38(35,36)31-24-12-10-23(29)11-13-24/h5-17,21,31H,3-4,18-20H2,1-2H3,(H,30,34). The van der Waals surface area contributed by atoms with Gasteiger partial charge in [0.25, 0.3) is 15.9 Å². The summed E-state index contributed by atoms with van der Waals surface area (Å²) in [6, 6.07) is 19.2. The molecule has 0 fully saturated rings. The van der Waals surface area contributed by atoms with Gasteiger partial charge >= 0.3 is 0 Å². The lowest BCUT2D eigenvalue weighted by Crippen LogP contribution is -2.49. The summed E-state index contributed by atoms with van der Waals surface area (Å²) in [5, 5.41) is 2.86. The monoisotopic (exact) mass is 541 g/mol. The van der Waals surface area contributed by atoms with Gasteiger partial charge in [0.2, 0.25) is 5.91 Å². The Balaban J connectivity index is 1.65. The zero-order chi connectivity index (χ0) is 27.5. The summed E-state index contributed by atoms with van der Waals surface area (Å²) in [4.78, 5) is 27.3. The maximum absolute atomic E-state index is 13.1. The number of amides is 2. The summed E-state index contributed by atoms with van der Waals surface area (Å²) < 4.78 is 46.3. The van der Waals surface area contributed by atoms with Gasteiger partial charge in [-0.05, 0) is 67.4 Å². The van der Waals surface area contributed by atoms with Crippen LogP contribution >= 0.6 is 0 Å². The maximum Gasteiger partial charge on any atom is 0.261 e. The van der Waals surface area contributed by atoms with Gasteiger partial charge in [0.05, 0.1) is 4.90 Å². The van der Waals surface area contributed by atoms with Crippen LogP contribution in [0.3, 0.4) is 0 Å². The predicted octanol–water partition coefficient (Wildman–Crippen LogP) is 4.34. The molecule has 0 bridgehead atoms. The number of benzene rings is 3. The molecule has 1 atom stereocenters. The van der Waals surface area contributed by atoms with Crippen molar-refractivity contribution in [1.29, 1.82) is 0 Å². The second-order valence-corrected chi connectivity index (χ2v) is 10.4. The molecule has 10 heteroatoms. The van der Waals surface area contributed by atoms with Crippen molar-refractivity contribution in [1.82, 2.24) is 10.2 Å². The third kappa shape index (κ3) is 8.31. The van der Waals surface area contributed by atoms with Crippen LogP contribution in [0.1, 0.15) is 32.3 Å². The minimum absolute atomic E-state index is 0.0245. The van der Waals surface area contributed by atoms with E-state index in [0.717, 1.165) is 30.5 Å². The summed E-state index contributed by atoms with van der Waals surface area (Å²) in [6.45, 7) is 4.14. The highest BCUT2D eigenvalue weighted by Gasteiger charge is 2.26. The second kappa shape index (κ2) is 13.6. The van der Waals surface area contributed by atoms with Crippen molar-refractivity contribution in [3.05, 3.63) is 90.2 Å². The molecule has 0 saturated carbocycles. The predicted molar refractivity (Wildman–Crippen MR) is 144 cm³/mol. The normalized spacial score (nSPS) is 11.9. The molecule has 0 aliphatic rings. The first-order chi connectivity index (χ1) is 18.2. The van der Waals surface area contributed by atoms with E-state index in [9.17, 15) is 22.4 Å². The van der Waals surface area contributed by atoms with E-state index in [0.29, 0.717) is 12.3 Å². The number of hydrogen-bond acceptors (Lipinski definition) is 5. The van der Waals surface area contributed by atoms with Crippen LogP contribution in [0.25, 0.3) is 0 Å². The summed E-state index contributed by atoms with van der Waals surface area (Å²) in [6.07, 6.45) is 1.79. The van der Waals surface area contributed by atoms with Crippen LogP contribution in [-0.2, 0) is 26.2 Å². The molecule has 0 aliphatic carbocycles. The zero-order valence-corrected chi connectivity index (χ0v) is 22.2. The van der Waals surface area contributed by atoms with Crippen LogP contribution in [0.5, 0.6) is 5.75 Å². The summed E-state index contributed by atoms with van der Waals surface area (Å²) >= 11 is 0. The van der Waals surface area contributed by atoms with Crippen molar-refractivity contribution < 1.29 is 27.1 Å². The molecule has 0 aromatic heterocycles. The van der Waals surface area contributed by atoms with Gasteiger partial charge in [-0.15, -0.1) is 0 Å². The molecule has 8 nitrogen and oxygen atoms in total. The molecule has 3 aromatic carbocycles. The molecule has 0 aliphatic heterocycles. The van der Waals surface area contributed by atoms with Crippen molar-refractivity contribution >= 4 is 27.5 Å². The molecule has 202 valence electrons. The van der Waals surface area contributed by atoms with Crippen molar-refractivity contribution in [2.24, 2.45) is 0 Å². The minimum atomic E-state index is -3.90. The second-order valence-electron chi connectivity index (χ2n) is 8.70. The Morgan fingerprint density at radius 1 is 0.974 bits per heavy atom. The van der Waals surface area contributed by atoms with Crippen LogP contribution in [0.4, 0.5) is 10.1 Å². The lowest BCUT2D eigenvalue weighted by Gasteiger charge is -2.28. The summed E-state index contributed by atoms with van der Waals surface area (Å²) in [5.74, 6) is -0.816. The van der Waals surface area contributed by atoms with E-state index in [1.807, 2.05) is 37.3 Å². The Morgan fingerprint density at radius 2 is 1.63 bits per heavy atom. The first-order valence-corrected chi connectivity index (χ1v) is 13.8. The SMILES string of the molecule is CCCCNC(=O)C(C)N(Cc1ccccc1)C(=O)COc1ccc(S(=O)(=O)Nc2ccc(F)cc2)cc1. The number of sulfonamides is 1. The molecule has 0 heterocycles. The van der Waals surface area contributed by atoms with Crippen LogP contribution in [0.15, 0.2) is 83.8 Å². The quantitative estimate of drug-likeness (QED) is 0.313. The molecule has 3 aromatic rings. The number of carbonyl (C=O) groups is 2. The average molecular weight is 542 g/mol. The van der Waals surface area contributed by atoms with Gasteiger partial charge in [-0.2, -0.15) is 0 Å². The van der Waals surface area contributed by atoms with Crippen LogP contribution in [0, 0.1) is 5.82 Å². The summed E-state index contributed by atoms with van der Waals surface area (Å²) in [7, 11) is -3.90. The zero-order valence-electron chi connectivity index (χ0n) is 21.4. The Hall–Kier alpha value is -3.92. The van der Waals surface area contributed by atoms with Gasteiger partial charge in [-0.3, -0.25) is 14.3 Å².